The van der Waals surface area contributed by atoms with Crippen LogP contribution in [0.25, 0.3) is 0 Å². The van der Waals surface area contributed by atoms with Crippen LogP contribution in [0, 0.1) is 13.8 Å². The lowest BCUT2D eigenvalue weighted by Gasteiger charge is -2.30. The van der Waals surface area contributed by atoms with E-state index in [9.17, 15) is 9.59 Å². The predicted molar refractivity (Wildman–Crippen MR) is 114 cm³/mol. The molecule has 8 heteroatoms. The maximum atomic E-state index is 13.5. The molecule has 1 saturated carbocycles. The highest BCUT2D eigenvalue weighted by molar-refractivity contribution is 7.03. The number of carbonyl (C=O) groups excluding carboxylic acids is 2. The van der Waals surface area contributed by atoms with Gasteiger partial charge in [0.25, 0.3) is 11.8 Å². The van der Waals surface area contributed by atoms with Gasteiger partial charge in [-0.3, -0.25) is 14.5 Å². The SMILES string of the molecule is Cc1ccc(N(C(=O)c2csnn2)[C@@H](C(=O)NC2CCCC2)c2ccco2)cc1C. The van der Waals surface area contributed by atoms with E-state index >= 15 is 0 Å². The minimum atomic E-state index is -0.947. The summed E-state index contributed by atoms with van der Waals surface area (Å²) in [4.78, 5) is 28.4. The maximum absolute atomic E-state index is 13.5. The van der Waals surface area contributed by atoms with Crippen LogP contribution in [0.4, 0.5) is 5.69 Å². The number of aryl methyl sites for hydroxylation is 2. The Balaban J connectivity index is 1.78. The smallest absolute Gasteiger partial charge is 0.280 e. The summed E-state index contributed by atoms with van der Waals surface area (Å²) in [5.74, 6) is -0.248. The molecule has 0 unspecified atom stereocenters. The molecule has 156 valence electrons. The normalized spacial score (nSPS) is 15.1. The third-order valence-electron chi connectivity index (χ3n) is 5.59. The van der Waals surface area contributed by atoms with Crippen LogP contribution in [0.15, 0.2) is 46.4 Å². The second kappa shape index (κ2) is 8.79. The molecule has 1 aliphatic carbocycles. The second-order valence-electron chi connectivity index (χ2n) is 7.64. The Morgan fingerprint density at radius 2 is 2.00 bits per heavy atom. The highest BCUT2D eigenvalue weighted by Crippen LogP contribution is 2.32. The molecular formula is C22H24N4O3S. The lowest BCUT2D eigenvalue weighted by molar-refractivity contribution is -0.123. The second-order valence-corrected chi connectivity index (χ2v) is 8.25. The monoisotopic (exact) mass is 424 g/mol. The van der Waals surface area contributed by atoms with Gasteiger partial charge in [-0.25, -0.2) is 0 Å². The molecule has 1 aromatic carbocycles. The Hall–Kier alpha value is -3.00. The Labute approximate surface area is 179 Å². The molecule has 2 heterocycles. The van der Waals surface area contributed by atoms with Crippen LogP contribution in [0.1, 0.15) is 59.1 Å². The van der Waals surface area contributed by atoms with Crippen molar-refractivity contribution in [1.29, 1.82) is 0 Å². The van der Waals surface area contributed by atoms with Gasteiger partial charge in [0.05, 0.1) is 6.26 Å². The highest BCUT2D eigenvalue weighted by Gasteiger charge is 2.37. The number of furan rings is 1. The third-order valence-corrected chi connectivity index (χ3v) is 6.09. The summed E-state index contributed by atoms with van der Waals surface area (Å²) >= 11 is 1.10. The molecule has 7 nitrogen and oxygen atoms in total. The summed E-state index contributed by atoms with van der Waals surface area (Å²) in [6.07, 6.45) is 5.61. The van der Waals surface area contributed by atoms with Crippen molar-refractivity contribution in [3.05, 3.63) is 64.6 Å². The van der Waals surface area contributed by atoms with Gasteiger partial charge in [0.15, 0.2) is 11.7 Å². The van der Waals surface area contributed by atoms with Gasteiger partial charge in [-0.1, -0.05) is 23.4 Å². The number of hydrogen-bond acceptors (Lipinski definition) is 6. The molecule has 0 spiro atoms. The van der Waals surface area contributed by atoms with Crippen molar-refractivity contribution in [2.24, 2.45) is 0 Å². The molecular weight excluding hydrogens is 400 g/mol. The molecule has 1 atom stereocenters. The van der Waals surface area contributed by atoms with E-state index in [1.807, 2.05) is 32.0 Å². The molecule has 0 bridgehead atoms. The number of aromatic nitrogens is 2. The molecule has 0 radical (unpaired) electrons. The summed E-state index contributed by atoms with van der Waals surface area (Å²) in [5, 5.41) is 8.65. The third kappa shape index (κ3) is 4.14. The van der Waals surface area contributed by atoms with Crippen molar-refractivity contribution in [1.82, 2.24) is 14.9 Å². The fourth-order valence-corrected chi connectivity index (χ4v) is 4.24. The first-order valence-electron chi connectivity index (χ1n) is 10.1. The maximum Gasteiger partial charge on any atom is 0.280 e. The number of carbonyl (C=O) groups is 2. The zero-order chi connectivity index (χ0) is 21.1. The number of rotatable bonds is 6. The molecule has 1 fully saturated rings. The van der Waals surface area contributed by atoms with Crippen molar-refractivity contribution in [3.8, 4) is 0 Å². The first-order valence-corrected chi connectivity index (χ1v) is 10.9. The number of amides is 2. The zero-order valence-electron chi connectivity index (χ0n) is 17.0. The number of nitrogens with zero attached hydrogens (tertiary/aromatic N) is 3. The number of nitrogens with one attached hydrogen (secondary N) is 1. The number of hydrogen-bond donors (Lipinski definition) is 1. The molecule has 1 aliphatic rings. The van der Waals surface area contributed by atoms with Gasteiger partial charge in [0.1, 0.15) is 5.76 Å². The Bertz CT molecular complexity index is 1010. The summed E-state index contributed by atoms with van der Waals surface area (Å²) in [5.41, 5.74) is 2.94. The topological polar surface area (TPSA) is 88.3 Å². The predicted octanol–water partition coefficient (Wildman–Crippen LogP) is 4.19. The van der Waals surface area contributed by atoms with E-state index < -0.39 is 11.9 Å². The van der Waals surface area contributed by atoms with Crippen LogP contribution < -0.4 is 10.2 Å². The number of benzene rings is 1. The lowest BCUT2D eigenvalue weighted by Crippen LogP contribution is -2.46. The average molecular weight is 425 g/mol. The zero-order valence-corrected chi connectivity index (χ0v) is 17.8. The average Bonchev–Trinajstić information content (AvgIpc) is 3.50. The minimum Gasteiger partial charge on any atom is -0.467 e. The summed E-state index contributed by atoms with van der Waals surface area (Å²) in [6, 6.07) is 8.31. The van der Waals surface area contributed by atoms with Crippen molar-refractivity contribution in [2.75, 3.05) is 4.90 Å². The van der Waals surface area contributed by atoms with Crippen molar-refractivity contribution in [2.45, 2.75) is 51.6 Å². The standard InChI is InChI=1S/C22H24N4O3S/c1-14-9-10-17(12-15(14)2)26(22(28)18-13-30-25-24-18)20(19-8-5-11-29-19)21(27)23-16-6-3-4-7-16/h5,8-13,16,20H,3-4,6-7H2,1-2H3,(H,23,27)/t20-/m1/s1. The van der Waals surface area contributed by atoms with Crippen LogP contribution in [0.2, 0.25) is 0 Å². The fraction of sp³-hybridized carbons (Fsp3) is 0.364. The molecule has 0 saturated heterocycles. The highest BCUT2D eigenvalue weighted by atomic mass is 32.1. The van der Waals surface area contributed by atoms with E-state index in [4.69, 9.17) is 4.42 Å². The van der Waals surface area contributed by atoms with Crippen LogP contribution >= 0.6 is 11.5 Å². The van der Waals surface area contributed by atoms with Crippen LogP contribution in [-0.2, 0) is 4.79 Å². The fourth-order valence-electron chi connectivity index (χ4n) is 3.81. The summed E-state index contributed by atoms with van der Waals surface area (Å²) in [7, 11) is 0. The first-order chi connectivity index (χ1) is 14.5. The Kier molecular flexibility index (Phi) is 5.94. The Morgan fingerprint density at radius 1 is 1.20 bits per heavy atom. The minimum absolute atomic E-state index is 0.118. The largest absolute Gasteiger partial charge is 0.467 e. The molecule has 2 amide bonds. The van der Waals surface area contributed by atoms with Crippen molar-refractivity contribution >= 4 is 29.0 Å². The van der Waals surface area contributed by atoms with Crippen LogP contribution in [0.5, 0.6) is 0 Å². The molecule has 4 rings (SSSR count). The van der Waals surface area contributed by atoms with E-state index in [0.29, 0.717) is 11.4 Å². The molecule has 0 aliphatic heterocycles. The van der Waals surface area contributed by atoms with Gasteiger partial charge in [0, 0.05) is 17.1 Å². The van der Waals surface area contributed by atoms with E-state index in [1.54, 1.807) is 17.5 Å². The van der Waals surface area contributed by atoms with Gasteiger partial charge in [0.2, 0.25) is 0 Å². The van der Waals surface area contributed by atoms with E-state index in [0.717, 1.165) is 48.3 Å². The van der Waals surface area contributed by atoms with E-state index in [2.05, 4.69) is 14.9 Å². The van der Waals surface area contributed by atoms with Crippen LogP contribution in [0.3, 0.4) is 0 Å². The van der Waals surface area contributed by atoms with E-state index in [1.165, 1.54) is 11.2 Å². The quantitative estimate of drug-likeness (QED) is 0.641. The first kappa shape index (κ1) is 20.3. The van der Waals surface area contributed by atoms with Crippen molar-refractivity contribution in [3.63, 3.8) is 0 Å². The molecule has 2 aromatic heterocycles. The Morgan fingerprint density at radius 3 is 2.63 bits per heavy atom. The molecule has 30 heavy (non-hydrogen) atoms. The lowest BCUT2D eigenvalue weighted by atomic mass is 10.1. The summed E-state index contributed by atoms with van der Waals surface area (Å²) < 4.78 is 9.44. The van der Waals surface area contributed by atoms with Gasteiger partial charge in [-0.15, -0.1) is 5.10 Å². The number of anilines is 1. The van der Waals surface area contributed by atoms with Gasteiger partial charge < -0.3 is 9.73 Å². The van der Waals surface area contributed by atoms with Gasteiger partial charge in [-0.2, -0.15) is 0 Å². The van der Waals surface area contributed by atoms with E-state index in [-0.39, 0.29) is 17.6 Å². The van der Waals surface area contributed by atoms with Gasteiger partial charge >= 0.3 is 0 Å². The summed E-state index contributed by atoms with van der Waals surface area (Å²) in [6.45, 7) is 3.98. The van der Waals surface area contributed by atoms with Crippen LogP contribution in [-0.4, -0.2) is 27.4 Å². The van der Waals surface area contributed by atoms with Crippen molar-refractivity contribution < 1.29 is 14.0 Å². The van der Waals surface area contributed by atoms with Gasteiger partial charge in [-0.05, 0) is 73.6 Å². The molecule has 3 aromatic rings. The molecule has 1 N–H and O–H groups in total.